The zero-order valence-electron chi connectivity index (χ0n) is 12.2. The first kappa shape index (κ1) is 14.3. The molecule has 0 saturated heterocycles. The molecule has 118 valence electrons. The van der Waals surface area contributed by atoms with Gasteiger partial charge >= 0.3 is 5.97 Å². The second kappa shape index (κ2) is 5.13. The fourth-order valence-electron chi connectivity index (χ4n) is 2.85. The summed E-state index contributed by atoms with van der Waals surface area (Å²) in [6, 6.07) is 14.0. The van der Waals surface area contributed by atoms with Crippen molar-refractivity contribution in [1.29, 1.82) is 0 Å². The molecule has 0 saturated carbocycles. The molecular formula is C18H10F2N2O2. The van der Waals surface area contributed by atoms with Crippen LogP contribution >= 0.6 is 0 Å². The first-order valence-electron chi connectivity index (χ1n) is 7.15. The first-order chi connectivity index (χ1) is 11.6. The van der Waals surface area contributed by atoms with Crippen LogP contribution in [-0.4, -0.2) is 21.3 Å². The Hall–Kier alpha value is -3.28. The van der Waals surface area contributed by atoms with Crippen molar-refractivity contribution in [3.05, 3.63) is 65.7 Å². The lowest BCUT2D eigenvalue weighted by molar-refractivity contribution is 0.0687. The van der Waals surface area contributed by atoms with E-state index in [1.807, 2.05) is 36.4 Å². The van der Waals surface area contributed by atoms with Crippen LogP contribution in [0.4, 0.5) is 8.78 Å². The largest absolute Gasteiger partial charge is 0.477 e. The number of carboxylic acids is 1. The molecule has 24 heavy (non-hydrogen) atoms. The molecule has 0 unspecified atom stereocenters. The zero-order chi connectivity index (χ0) is 16.8. The van der Waals surface area contributed by atoms with Gasteiger partial charge in [-0.3, -0.25) is 5.10 Å². The quantitative estimate of drug-likeness (QED) is 0.576. The topological polar surface area (TPSA) is 66.0 Å². The van der Waals surface area contributed by atoms with Crippen molar-refractivity contribution < 1.29 is 18.7 Å². The van der Waals surface area contributed by atoms with Crippen LogP contribution in [0, 0.1) is 11.6 Å². The molecule has 0 spiro atoms. The van der Waals surface area contributed by atoms with Crippen molar-refractivity contribution in [1.82, 2.24) is 10.2 Å². The van der Waals surface area contributed by atoms with E-state index >= 15 is 0 Å². The number of aromatic nitrogens is 2. The Morgan fingerprint density at radius 3 is 2.54 bits per heavy atom. The van der Waals surface area contributed by atoms with Gasteiger partial charge in [0.1, 0.15) is 17.1 Å². The number of halogens is 2. The third-order valence-electron chi connectivity index (χ3n) is 3.98. The molecule has 0 atom stereocenters. The van der Waals surface area contributed by atoms with Gasteiger partial charge < -0.3 is 5.11 Å². The lowest BCUT2D eigenvalue weighted by Crippen LogP contribution is -2.05. The van der Waals surface area contributed by atoms with Gasteiger partial charge in [0.15, 0.2) is 5.82 Å². The smallest absolute Gasteiger partial charge is 0.341 e. The van der Waals surface area contributed by atoms with Crippen molar-refractivity contribution in [3.63, 3.8) is 0 Å². The molecule has 0 radical (unpaired) electrons. The number of carboxylic acid groups (broad SMARTS) is 1. The highest BCUT2D eigenvalue weighted by Gasteiger charge is 2.23. The van der Waals surface area contributed by atoms with Gasteiger partial charge in [-0.25, -0.2) is 13.6 Å². The van der Waals surface area contributed by atoms with E-state index in [1.165, 1.54) is 0 Å². The summed E-state index contributed by atoms with van der Waals surface area (Å²) in [5.41, 5.74) is -0.0124. The molecule has 2 N–H and O–H groups in total. The van der Waals surface area contributed by atoms with Gasteiger partial charge in [-0.2, -0.15) is 5.10 Å². The Labute approximate surface area is 134 Å². The normalized spacial score (nSPS) is 11.2. The monoisotopic (exact) mass is 324 g/mol. The van der Waals surface area contributed by atoms with Crippen molar-refractivity contribution >= 4 is 27.6 Å². The number of aromatic amines is 1. The number of nitrogens with one attached hydrogen (secondary N) is 1. The number of carbonyl (C=O) groups is 1. The van der Waals surface area contributed by atoms with Crippen LogP contribution in [0.1, 0.15) is 10.4 Å². The Bertz CT molecular complexity index is 1120. The maximum absolute atomic E-state index is 14.6. The zero-order valence-corrected chi connectivity index (χ0v) is 12.2. The number of hydrogen-bond donors (Lipinski definition) is 2. The number of fused-ring (bicyclic) bond motifs is 2. The van der Waals surface area contributed by atoms with Gasteiger partial charge in [-0.1, -0.05) is 36.4 Å². The first-order valence-corrected chi connectivity index (χ1v) is 7.15. The number of rotatable bonds is 2. The van der Waals surface area contributed by atoms with Crippen LogP contribution < -0.4 is 0 Å². The van der Waals surface area contributed by atoms with Crippen LogP contribution in [-0.2, 0) is 0 Å². The minimum absolute atomic E-state index is 0.0379. The predicted octanol–water partition coefficient (Wildman–Crippen LogP) is 4.36. The third-order valence-corrected chi connectivity index (χ3v) is 3.98. The van der Waals surface area contributed by atoms with Crippen LogP contribution in [0.5, 0.6) is 0 Å². The minimum atomic E-state index is -1.66. The molecule has 0 bridgehead atoms. The lowest BCUT2D eigenvalue weighted by Gasteiger charge is -2.04. The van der Waals surface area contributed by atoms with E-state index in [0.717, 1.165) is 16.8 Å². The van der Waals surface area contributed by atoms with Gasteiger partial charge in [-0.05, 0) is 16.8 Å². The molecule has 0 aliphatic rings. The Kier molecular flexibility index (Phi) is 3.06. The van der Waals surface area contributed by atoms with Crippen LogP contribution in [0.25, 0.3) is 32.9 Å². The van der Waals surface area contributed by atoms with Gasteiger partial charge in [0.2, 0.25) is 0 Å². The molecule has 0 fully saturated rings. The summed E-state index contributed by atoms with van der Waals surface area (Å²) in [4.78, 5) is 11.1. The summed E-state index contributed by atoms with van der Waals surface area (Å²) in [5.74, 6) is -3.92. The van der Waals surface area contributed by atoms with Crippen LogP contribution in [0.15, 0.2) is 48.5 Å². The summed E-state index contributed by atoms with van der Waals surface area (Å²) in [6.07, 6.45) is 0. The molecule has 3 aromatic carbocycles. The van der Waals surface area contributed by atoms with Crippen molar-refractivity contribution in [3.8, 4) is 11.3 Å². The van der Waals surface area contributed by atoms with Crippen molar-refractivity contribution in [2.45, 2.75) is 0 Å². The highest BCUT2D eigenvalue weighted by atomic mass is 19.1. The van der Waals surface area contributed by atoms with Crippen molar-refractivity contribution in [2.75, 3.05) is 0 Å². The summed E-state index contributed by atoms with van der Waals surface area (Å²) in [7, 11) is 0. The van der Waals surface area contributed by atoms with E-state index in [4.69, 9.17) is 5.11 Å². The highest BCUT2D eigenvalue weighted by Crippen LogP contribution is 2.32. The second-order valence-electron chi connectivity index (χ2n) is 5.41. The summed E-state index contributed by atoms with van der Waals surface area (Å²) >= 11 is 0. The van der Waals surface area contributed by atoms with E-state index in [0.29, 0.717) is 5.56 Å². The summed E-state index contributed by atoms with van der Waals surface area (Å²) in [6.45, 7) is 0. The third kappa shape index (κ3) is 2.04. The molecule has 0 aliphatic heterocycles. The molecule has 0 aliphatic carbocycles. The molecule has 6 heteroatoms. The fraction of sp³-hybridized carbons (Fsp3) is 0. The average Bonchev–Trinajstić information content (AvgIpc) is 2.98. The van der Waals surface area contributed by atoms with Crippen molar-refractivity contribution in [2.24, 2.45) is 0 Å². The SMILES string of the molecule is O=C(O)c1c(F)cc2[nH]nc(-c3ccc4ccccc4c3)c2c1F. The van der Waals surface area contributed by atoms with E-state index in [1.54, 1.807) is 6.07 Å². The second-order valence-corrected chi connectivity index (χ2v) is 5.41. The highest BCUT2D eigenvalue weighted by molar-refractivity contribution is 6.01. The Morgan fingerprint density at radius 1 is 1.04 bits per heavy atom. The van der Waals surface area contributed by atoms with E-state index in [9.17, 15) is 13.6 Å². The van der Waals surface area contributed by atoms with Crippen LogP contribution in [0.3, 0.4) is 0 Å². The predicted molar refractivity (Wildman–Crippen MR) is 85.9 cm³/mol. The van der Waals surface area contributed by atoms with Gasteiger partial charge in [0, 0.05) is 11.6 Å². The molecule has 0 amide bonds. The number of hydrogen-bond acceptors (Lipinski definition) is 2. The number of H-pyrrole nitrogens is 1. The molecule has 4 nitrogen and oxygen atoms in total. The maximum atomic E-state index is 14.6. The van der Waals surface area contributed by atoms with Gasteiger partial charge in [-0.15, -0.1) is 0 Å². The van der Waals surface area contributed by atoms with E-state index < -0.39 is 23.2 Å². The van der Waals surface area contributed by atoms with E-state index in [-0.39, 0.29) is 16.6 Å². The molecule has 4 rings (SSSR count). The molecule has 4 aromatic rings. The lowest BCUT2D eigenvalue weighted by atomic mass is 10.0. The number of benzene rings is 3. The summed E-state index contributed by atoms with van der Waals surface area (Å²) in [5, 5.41) is 17.6. The minimum Gasteiger partial charge on any atom is -0.477 e. The standard InChI is InChI=1S/C18H10F2N2O2/c19-12-8-13-15(16(20)14(12)18(23)24)17(22-21-13)11-6-5-9-3-1-2-4-10(9)7-11/h1-8H,(H,21,22)(H,23,24). The van der Waals surface area contributed by atoms with Gasteiger partial charge in [0.05, 0.1) is 10.9 Å². The number of nitrogens with zero attached hydrogens (tertiary/aromatic N) is 1. The van der Waals surface area contributed by atoms with Gasteiger partial charge in [0.25, 0.3) is 0 Å². The summed E-state index contributed by atoms with van der Waals surface area (Å²) < 4.78 is 28.4. The molecule has 1 aromatic heterocycles. The van der Waals surface area contributed by atoms with Crippen LogP contribution in [0.2, 0.25) is 0 Å². The molecule has 1 heterocycles. The molecular weight excluding hydrogens is 314 g/mol. The number of aromatic carboxylic acids is 1. The Balaban J connectivity index is 2.02. The fourth-order valence-corrected chi connectivity index (χ4v) is 2.85. The Morgan fingerprint density at radius 2 is 1.79 bits per heavy atom. The average molecular weight is 324 g/mol. The maximum Gasteiger partial charge on any atom is 0.341 e. The van der Waals surface area contributed by atoms with E-state index in [2.05, 4.69) is 10.2 Å².